The van der Waals surface area contributed by atoms with Gasteiger partial charge in [-0.25, -0.2) is 9.97 Å². The molecule has 0 aromatic carbocycles. The van der Waals surface area contributed by atoms with Crippen LogP contribution in [0, 0.1) is 23.7 Å². The molecule has 1 aliphatic carbocycles. The van der Waals surface area contributed by atoms with Gasteiger partial charge in [0, 0.05) is 12.5 Å². The zero-order valence-corrected chi connectivity index (χ0v) is 16.2. The summed E-state index contributed by atoms with van der Waals surface area (Å²) in [4.78, 5) is 21.7. The molecule has 2 heterocycles. The summed E-state index contributed by atoms with van der Waals surface area (Å²) in [7, 11) is 0. The summed E-state index contributed by atoms with van der Waals surface area (Å²) in [6.07, 6.45) is 10.6. The number of nitrogens with zero attached hydrogens (tertiary/aromatic N) is 3. The van der Waals surface area contributed by atoms with Gasteiger partial charge >= 0.3 is 0 Å². The highest BCUT2D eigenvalue weighted by Crippen LogP contribution is 2.43. The van der Waals surface area contributed by atoms with E-state index in [1.54, 1.807) is 6.07 Å². The molecule has 5 heteroatoms. The number of fused-ring (bicyclic) bond motifs is 1. The summed E-state index contributed by atoms with van der Waals surface area (Å²) >= 11 is 0. The molecule has 1 N–H and O–H groups in total. The Bertz CT molecular complexity index is 847. The molecule has 0 saturated heterocycles. The molecule has 2 aromatic heterocycles. The Kier molecular flexibility index (Phi) is 5.04. The van der Waals surface area contributed by atoms with Gasteiger partial charge in [-0.2, -0.15) is 0 Å². The lowest BCUT2D eigenvalue weighted by Crippen LogP contribution is -2.29. The Labute approximate surface area is 155 Å². The fourth-order valence-corrected chi connectivity index (χ4v) is 3.69. The lowest BCUT2D eigenvalue weighted by Gasteiger charge is -2.37. The normalized spacial score (nSPS) is 19.8. The van der Waals surface area contributed by atoms with E-state index in [-0.39, 0.29) is 11.3 Å². The van der Waals surface area contributed by atoms with Crippen molar-refractivity contribution in [2.75, 3.05) is 5.32 Å². The molecule has 138 valence electrons. The van der Waals surface area contributed by atoms with E-state index in [1.807, 2.05) is 6.07 Å². The van der Waals surface area contributed by atoms with Gasteiger partial charge in [0.1, 0.15) is 11.2 Å². The summed E-state index contributed by atoms with van der Waals surface area (Å²) in [6.45, 7) is 8.38. The van der Waals surface area contributed by atoms with Gasteiger partial charge in [0.15, 0.2) is 5.65 Å². The molecule has 1 fully saturated rings. The van der Waals surface area contributed by atoms with Gasteiger partial charge < -0.3 is 0 Å². The number of carbonyl (C=O) groups excluding carboxylic acids is 1. The second kappa shape index (κ2) is 7.11. The number of anilines is 1. The number of nitrogens with one attached hydrogen (secondary N) is 1. The topological polar surface area (TPSA) is 59.8 Å². The Morgan fingerprint density at radius 2 is 2.08 bits per heavy atom. The fourth-order valence-electron chi connectivity index (χ4n) is 3.69. The first-order valence-electron chi connectivity index (χ1n) is 9.46. The summed E-state index contributed by atoms with van der Waals surface area (Å²) in [6, 6.07) is 4.00. The van der Waals surface area contributed by atoms with Gasteiger partial charge in [0.25, 0.3) is 0 Å². The molecule has 0 atom stereocenters. The van der Waals surface area contributed by atoms with Crippen LogP contribution >= 0.6 is 0 Å². The minimum atomic E-state index is -0.0709. The van der Waals surface area contributed by atoms with Crippen molar-refractivity contribution in [3.05, 3.63) is 17.8 Å². The number of rotatable bonds is 5. The number of amides is 1. The van der Waals surface area contributed by atoms with E-state index >= 15 is 0 Å². The molecule has 0 aliphatic heterocycles. The summed E-state index contributed by atoms with van der Waals surface area (Å²) < 4.78 is 2.09. The molecule has 1 saturated carbocycles. The van der Waals surface area contributed by atoms with Crippen molar-refractivity contribution in [3.8, 4) is 12.3 Å². The van der Waals surface area contributed by atoms with Gasteiger partial charge in [-0.05, 0) is 36.3 Å². The minimum absolute atomic E-state index is 0.0179. The number of carbonyl (C=O) groups is 1. The van der Waals surface area contributed by atoms with Gasteiger partial charge in [-0.1, -0.05) is 46.5 Å². The van der Waals surface area contributed by atoms with Crippen LogP contribution in [0.2, 0.25) is 0 Å². The van der Waals surface area contributed by atoms with E-state index in [0.29, 0.717) is 24.1 Å². The van der Waals surface area contributed by atoms with Crippen LogP contribution in [-0.2, 0) is 4.79 Å². The molecule has 0 bridgehead atoms. The third-order valence-corrected chi connectivity index (χ3v) is 4.90. The van der Waals surface area contributed by atoms with E-state index in [1.165, 1.54) is 12.8 Å². The molecular formula is C21H28N4O. The lowest BCUT2D eigenvalue weighted by molar-refractivity contribution is -0.117. The van der Waals surface area contributed by atoms with Crippen LogP contribution in [0.5, 0.6) is 0 Å². The van der Waals surface area contributed by atoms with Crippen molar-refractivity contribution in [1.29, 1.82) is 0 Å². The van der Waals surface area contributed by atoms with Gasteiger partial charge in [-0.15, -0.1) is 6.42 Å². The highest BCUT2D eigenvalue weighted by atomic mass is 16.1. The number of hydrogen-bond donors (Lipinski definition) is 1. The van der Waals surface area contributed by atoms with Crippen molar-refractivity contribution < 1.29 is 4.79 Å². The van der Waals surface area contributed by atoms with Crippen LogP contribution in [0.25, 0.3) is 11.2 Å². The molecule has 0 radical (unpaired) electrons. The third-order valence-electron chi connectivity index (χ3n) is 4.90. The Morgan fingerprint density at radius 1 is 1.35 bits per heavy atom. The molecule has 26 heavy (non-hydrogen) atoms. The Hall–Kier alpha value is -2.35. The van der Waals surface area contributed by atoms with Crippen LogP contribution in [0.3, 0.4) is 0 Å². The van der Waals surface area contributed by atoms with Crippen molar-refractivity contribution in [2.24, 2.45) is 11.3 Å². The summed E-state index contributed by atoms with van der Waals surface area (Å²) in [5, 5.41) is 3.01. The van der Waals surface area contributed by atoms with Crippen LogP contribution in [-0.4, -0.2) is 20.4 Å². The number of pyridine rings is 1. The fraction of sp³-hybridized carbons (Fsp3) is 0.571. The SMILES string of the molecule is C#Cc1ccc2nc(NC(=O)CC(C)(C)C)n(C3CC(CCC)C3)c2n1. The third kappa shape index (κ3) is 3.90. The van der Waals surface area contributed by atoms with E-state index in [2.05, 4.69) is 53.5 Å². The zero-order valence-electron chi connectivity index (χ0n) is 16.2. The van der Waals surface area contributed by atoms with E-state index in [9.17, 15) is 4.79 Å². The number of imidazole rings is 1. The van der Waals surface area contributed by atoms with E-state index in [0.717, 1.165) is 29.9 Å². The molecule has 3 rings (SSSR count). The highest BCUT2D eigenvalue weighted by molar-refractivity contribution is 5.91. The average Bonchev–Trinajstić information content (AvgIpc) is 2.85. The standard InChI is InChI=1S/C21H28N4O/c1-6-8-14-11-16(12-14)25-19-17(10-9-15(7-2)22-19)23-20(25)24-18(26)13-21(3,4)5/h2,9-10,14,16H,6,8,11-13H2,1,3-5H3,(H,23,24,26). The summed E-state index contributed by atoms with van der Waals surface area (Å²) in [5.41, 5.74) is 2.06. The molecule has 1 aliphatic rings. The molecular weight excluding hydrogens is 324 g/mol. The first-order valence-corrected chi connectivity index (χ1v) is 9.46. The number of hydrogen-bond acceptors (Lipinski definition) is 3. The number of terminal acetylenes is 1. The van der Waals surface area contributed by atoms with Gasteiger partial charge in [0.2, 0.25) is 11.9 Å². The van der Waals surface area contributed by atoms with Crippen molar-refractivity contribution >= 4 is 23.0 Å². The lowest BCUT2D eigenvalue weighted by atomic mass is 9.77. The van der Waals surface area contributed by atoms with Gasteiger partial charge in [0.05, 0.1) is 0 Å². The highest BCUT2D eigenvalue weighted by Gasteiger charge is 2.33. The molecule has 1 amide bonds. The Balaban J connectivity index is 1.93. The monoisotopic (exact) mass is 352 g/mol. The Morgan fingerprint density at radius 3 is 2.69 bits per heavy atom. The van der Waals surface area contributed by atoms with Crippen molar-refractivity contribution in [1.82, 2.24) is 14.5 Å². The maximum atomic E-state index is 12.5. The van der Waals surface area contributed by atoms with Crippen molar-refractivity contribution in [3.63, 3.8) is 0 Å². The largest absolute Gasteiger partial charge is 0.296 e. The smallest absolute Gasteiger partial charge is 0.227 e. The van der Waals surface area contributed by atoms with Crippen molar-refractivity contribution in [2.45, 2.75) is 65.8 Å². The predicted octanol–water partition coefficient (Wildman–Crippen LogP) is 4.54. The first kappa shape index (κ1) is 18.4. The molecule has 0 spiro atoms. The quantitative estimate of drug-likeness (QED) is 0.804. The second-order valence-corrected chi connectivity index (χ2v) is 8.55. The predicted molar refractivity (Wildman–Crippen MR) is 105 cm³/mol. The van der Waals surface area contributed by atoms with Crippen LogP contribution in [0.1, 0.15) is 71.5 Å². The van der Waals surface area contributed by atoms with Crippen LogP contribution in [0.15, 0.2) is 12.1 Å². The maximum absolute atomic E-state index is 12.5. The van der Waals surface area contributed by atoms with E-state index < -0.39 is 0 Å². The second-order valence-electron chi connectivity index (χ2n) is 8.55. The minimum Gasteiger partial charge on any atom is -0.296 e. The molecule has 5 nitrogen and oxygen atoms in total. The van der Waals surface area contributed by atoms with E-state index in [4.69, 9.17) is 6.42 Å². The summed E-state index contributed by atoms with van der Waals surface area (Å²) in [5.74, 6) is 3.91. The number of aromatic nitrogens is 3. The molecule has 0 unspecified atom stereocenters. The molecule has 2 aromatic rings. The maximum Gasteiger partial charge on any atom is 0.227 e. The first-order chi connectivity index (χ1) is 12.3. The van der Waals surface area contributed by atoms with Crippen LogP contribution in [0.4, 0.5) is 5.95 Å². The zero-order chi connectivity index (χ0) is 18.9. The van der Waals surface area contributed by atoms with Gasteiger partial charge in [-0.3, -0.25) is 14.7 Å². The van der Waals surface area contributed by atoms with Crippen LogP contribution < -0.4 is 5.32 Å². The average molecular weight is 352 g/mol.